The topological polar surface area (TPSA) is 66.4 Å². The third kappa shape index (κ3) is 6.98. The van der Waals surface area contributed by atoms with Crippen molar-refractivity contribution in [2.24, 2.45) is 5.92 Å². The van der Waals surface area contributed by atoms with E-state index in [0.29, 0.717) is 0 Å². The van der Waals surface area contributed by atoms with Crippen LogP contribution in [0.2, 0.25) is 0 Å². The van der Waals surface area contributed by atoms with E-state index in [4.69, 9.17) is 4.55 Å². The zero-order valence-electron chi connectivity index (χ0n) is 8.45. The zero-order valence-corrected chi connectivity index (χ0v) is 9.26. The quantitative estimate of drug-likeness (QED) is 0.653. The fourth-order valence-electron chi connectivity index (χ4n) is 1.13. The molecule has 13 heavy (non-hydrogen) atoms. The summed E-state index contributed by atoms with van der Waals surface area (Å²) in [6.07, 6.45) is 3.15. The highest BCUT2D eigenvalue weighted by Crippen LogP contribution is 2.12. The van der Waals surface area contributed by atoms with Gasteiger partial charge in [-0.1, -0.05) is 26.7 Å². The van der Waals surface area contributed by atoms with E-state index in [-0.39, 0.29) is 12.0 Å². The van der Waals surface area contributed by atoms with Crippen molar-refractivity contribution in [3.63, 3.8) is 0 Å². The SMILES string of the molecule is CCCCC(C)C(C)NS(=O)(=O)O. The van der Waals surface area contributed by atoms with Gasteiger partial charge in [-0.2, -0.15) is 13.1 Å². The molecule has 0 aliphatic carbocycles. The molecule has 0 aliphatic heterocycles. The largest absolute Gasteiger partial charge is 0.333 e. The van der Waals surface area contributed by atoms with Gasteiger partial charge >= 0.3 is 10.3 Å². The standard InChI is InChI=1S/C8H19NO3S/c1-4-5-6-7(2)8(3)9-13(10,11)12/h7-9H,4-6H2,1-3H3,(H,10,11,12). The maximum Gasteiger partial charge on any atom is 0.333 e. The Kier molecular flexibility index (Phi) is 5.51. The van der Waals surface area contributed by atoms with Crippen molar-refractivity contribution in [2.45, 2.75) is 46.1 Å². The average molecular weight is 209 g/mol. The maximum absolute atomic E-state index is 10.5. The van der Waals surface area contributed by atoms with Crippen molar-refractivity contribution in [1.82, 2.24) is 4.72 Å². The Hall–Kier alpha value is -0.130. The molecule has 4 nitrogen and oxygen atoms in total. The van der Waals surface area contributed by atoms with Gasteiger partial charge in [-0.15, -0.1) is 0 Å². The molecule has 0 bridgehead atoms. The Bertz CT molecular complexity index is 226. The third-order valence-electron chi connectivity index (χ3n) is 2.20. The third-order valence-corrected chi connectivity index (χ3v) is 2.87. The van der Waals surface area contributed by atoms with Crippen LogP contribution in [0.3, 0.4) is 0 Å². The molecule has 0 amide bonds. The Morgan fingerprint density at radius 1 is 1.38 bits per heavy atom. The first-order valence-electron chi connectivity index (χ1n) is 4.61. The van der Waals surface area contributed by atoms with Gasteiger partial charge in [0.25, 0.3) is 0 Å². The number of hydrogen-bond donors (Lipinski definition) is 2. The lowest BCUT2D eigenvalue weighted by Gasteiger charge is -2.18. The van der Waals surface area contributed by atoms with Crippen LogP contribution < -0.4 is 4.72 Å². The van der Waals surface area contributed by atoms with Crippen molar-refractivity contribution >= 4 is 10.3 Å². The molecule has 0 saturated heterocycles. The number of hydrogen-bond acceptors (Lipinski definition) is 2. The second-order valence-electron chi connectivity index (χ2n) is 3.50. The van der Waals surface area contributed by atoms with E-state index < -0.39 is 10.3 Å². The van der Waals surface area contributed by atoms with Gasteiger partial charge in [0.1, 0.15) is 0 Å². The fraction of sp³-hybridized carbons (Fsp3) is 1.00. The van der Waals surface area contributed by atoms with Crippen LogP contribution in [0, 0.1) is 5.92 Å². The molecule has 2 atom stereocenters. The summed E-state index contributed by atoms with van der Waals surface area (Å²) in [5, 5.41) is 0. The normalized spacial score (nSPS) is 16.9. The van der Waals surface area contributed by atoms with Crippen LogP contribution in [0.15, 0.2) is 0 Å². The summed E-state index contributed by atoms with van der Waals surface area (Å²) < 4.78 is 31.6. The molecule has 0 radical (unpaired) electrons. The second-order valence-corrected chi connectivity index (χ2v) is 4.69. The smallest absolute Gasteiger partial charge is 0.273 e. The molecular formula is C8H19NO3S. The van der Waals surface area contributed by atoms with Gasteiger partial charge in [-0.3, -0.25) is 4.55 Å². The molecule has 5 heteroatoms. The van der Waals surface area contributed by atoms with Crippen LogP contribution in [0.4, 0.5) is 0 Å². The van der Waals surface area contributed by atoms with Gasteiger partial charge in [-0.05, 0) is 19.3 Å². The van der Waals surface area contributed by atoms with Crippen LogP contribution in [0.25, 0.3) is 0 Å². The fourth-order valence-corrected chi connectivity index (χ4v) is 1.83. The van der Waals surface area contributed by atoms with E-state index in [1.165, 1.54) is 0 Å². The van der Waals surface area contributed by atoms with Gasteiger partial charge in [-0.25, -0.2) is 0 Å². The zero-order chi connectivity index (χ0) is 10.5. The molecule has 0 saturated carbocycles. The minimum Gasteiger partial charge on any atom is -0.273 e. The maximum atomic E-state index is 10.5. The minimum absolute atomic E-state index is 0.207. The molecule has 0 aromatic heterocycles. The highest BCUT2D eigenvalue weighted by molar-refractivity contribution is 7.83. The summed E-state index contributed by atoms with van der Waals surface area (Å²) in [5.74, 6) is 0.252. The van der Waals surface area contributed by atoms with Crippen molar-refractivity contribution in [2.75, 3.05) is 0 Å². The number of unbranched alkanes of at least 4 members (excludes halogenated alkanes) is 1. The van der Waals surface area contributed by atoms with E-state index in [1.807, 2.05) is 6.92 Å². The first-order chi connectivity index (χ1) is 5.87. The summed E-state index contributed by atoms with van der Waals surface area (Å²) in [5.41, 5.74) is 0. The molecule has 0 aliphatic rings. The van der Waals surface area contributed by atoms with E-state index in [1.54, 1.807) is 6.92 Å². The molecule has 0 aromatic rings. The first kappa shape index (κ1) is 12.9. The molecule has 80 valence electrons. The van der Waals surface area contributed by atoms with Gasteiger partial charge in [0.05, 0.1) is 0 Å². The number of rotatable bonds is 6. The van der Waals surface area contributed by atoms with Gasteiger partial charge in [0, 0.05) is 6.04 Å². The van der Waals surface area contributed by atoms with Crippen LogP contribution in [0.1, 0.15) is 40.0 Å². The van der Waals surface area contributed by atoms with Gasteiger partial charge in [0.2, 0.25) is 0 Å². The Morgan fingerprint density at radius 2 is 1.92 bits per heavy atom. The molecule has 0 rings (SSSR count). The van der Waals surface area contributed by atoms with Crippen LogP contribution in [0.5, 0.6) is 0 Å². The van der Waals surface area contributed by atoms with E-state index in [2.05, 4.69) is 11.6 Å². The van der Waals surface area contributed by atoms with Crippen molar-refractivity contribution in [3.05, 3.63) is 0 Å². The molecular weight excluding hydrogens is 190 g/mol. The van der Waals surface area contributed by atoms with E-state index in [0.717, 1.165) is 19.3 Å². The molecule has 2 N–H and O–H groups in total. The van der Waals surface area contributed by atoms with Crippen molar-refractivity contribution in [1.29, 1.82) is 0 Å². The molecule has 0 heterocycles. The van der Waals surface area contributed by atoms with Crippen LogP contribution >= 0.6 is 0 Å². The lowest BCUT2D eigenvalue weighted by Crippen LogP contribution is -2.36. The predicted octanol–water partition coefficient (Wildman–Crippen LogP) is 1.59. The average Bonchev–Trinajstić information content (AvgIpc) is 1.96. The number of nitrogens with one attached hydrogen (secondary N) is 1. The van der Waals surface area contributed by atoms with Crippen LogP contribution in [-0.4, -0.2) is 19.0 Å². The van der Waals surface area contributed by atoms with Crippen molar-refractivity contribution in [3.8, 4) is 0 Å². The lowest BCUT2D eigenvalue weighted by molar-refractivity contribution is 0.385. The van der Waals surface area contributed by atoms with Gasteiger partial charge < -0.3 is 0 Å². The minimum atomic E-state index is -4.04. The Labute approximate surface area is 80.6 Å². The summed E-state index contributed by atoms with van der Waals surface area (Å²) >= 11 is 0. The highest BCUT2D eigenvalue weighted by atomic mass is 32.2. The first-order valence-corrected chi connectivity index (χ1v) is 6.05. The Balaban J connectivity index is 3.89. The second kappa shape index (κ2) is 5.57. The van der Waals surface area contributed by atoms with Gasteiger partial charge in [0.15, 0.2) is 0 Å². The van der Waals surface area contributed by atoms with E-state index in [9.17, 15) is 8.42 Å². The molecule has 0 spiro atoms. The molecule has 0 aromatic carbocycles. The summed E-state index contributed by atoms with van der Waals surface area (Å²) in [6.45, 7) is 5.82. The predicted molar refractivity (Wildman–Crippen MR) is 52.8 cm³/mol. The lowest BCUT2D eigenvalue weighted by atomic mass is 9.98. The summed E-state index contributed by atoms with van der Waals surface area (Å²) in [7, 11) is -4.04. The van der Waals surface area contributed by atoms with E-state index >= 15 is 0 Å². The summed E-state index contributed by atoms with van der Waals surface area (Å²) in [4.78, 5) is 0. The monoisotopic (exact) mass is 209 g/mol. The van der Waals surface area contributed by atoms with Crippen molar-refractivity contribution < 1.29 is 13.0 Å². The van der Waals surface area contributed by atoms with Crippen LogP contribution in [-0.2, 0) is 10.3 Å². The molecule has 2 unspecified atom stereocenters. The highest BCUT2D eigenvalue weighted by Gasteiger charge is 2.16. The summed E-state index contributed by atoms with van der Waals surface area (Å²) in [6, 6.07) is -0.207. The molecule has 0 fully saturated rings. The Morgan fingerprint density at radius 3 is 2.31 bits per heavy atom.